The first kappa shape index (κ1) is 12.4. The van der Waals surface area contributed by atoms with Gasteiger partial charge in [-0.1, -0.05) is 37.5 Å². The highest BCUT2D eigenvalue weighted by Gasteiger charge is 2.20. The third-order valence-corrected chi connectivity index (χ3v) is 4.29. The van der Waals surface area contributed by atoms with E-state index >= 15 is 0 Å². The van der Waals surface area contributed by atoms with E-state index in [0.717, 1.165) is 17.1 Å². The molecule has 3 nitrogen and oxygen atoms in total. The van der Waals surface area contributed by atoms with Crippen molar-refractivity contribution >= 4 is 16.6 Å². The van der Waals surface area contributed by atoms with Crippen molar-refractivity contribution in [3.05, 3.63) is 30.5 Å². The summed E-state index contributed by atoms with van der Waals surface area (Å²) < 4.78 is 0. The van der Waals surface area contributed by atoms with Crippen LogP contribution < -0.4 is 5.32 Å². The SMILES string of the molecule is CC(Nc1cnnc2ccccc12)C1CCCCC1. The quantitative estimate of drug-likeness (QED) is 0.900. The number of fused-ring (bicyclic) bond motifs is 1. The fourth-order valence-corrected chi connectivity index (χ4v) is 3.12. The highest BCUT2D eigenvalue weighted by atomic mass is 15.1. The summed E-state index contributed by atoms with van der Waals surface area (Å²) in [5, 5.41) is 13.1. The third kappa shape index (κ3) is 2.70. The van der Waals surface area contributed by atoms with Crippen molar-refractivity contribution in [3.63, 3.8) is 0 Å². The number of aromatic nitrogens is 2. The molecule has 2 aromatic rings. The van der Waals surface area contributed by atoms with Crippen LogP contribution in [0.1, 0.15) is 39.0 Å². The van der Waals surface area contributed by atoms with Crippen molar-refractivity contribution in [2.75, 3.05) is 5.32 Å². The van der Waals surface area contributed by atoms with Gasteiger partial charge < -0.3 is 5.32 Å². The molecule has 1 aromatic heterocycles. The monoisotopic (exact) mass is 255 g/mol. The molecule has 100 valence electrons. The van der Waals surface area contributed by atoms with E-state index in [0.29, 0.717) is 6.04 Å². The summed E-state index contributed by atoms with van der Waals surface area (Å²) in [5.74, 6) is 0.792. The summed E-state index contributed by atoms with van der Waals surface area (Å²) in [4.78, 5) is 0. The molecule has 3 rings (SSSR count). The Kier molecular flexibility index (Phi) is 3.62. The normalized spacial score (nSPS) is 18.4. The molecule has 1 N–H and O–H groups in total. The summed E-state index contributed by atoms with van der Waals surface area (Å²) in [6.45, 7) is 2.30. The number of rotatable bonds is 3. The van der Waals surface area contributed by atoms with Gasteiger partial charge >= 0.3 is 0 Å². The van der Waals surface area contributed by atoms with E-state index in [-0.39, 0.29) is 0 Å². The summed E-state index contributed by atoms with van der Waals surface area (Å²) in [6, 6.07) is 8.69. The Labute approximate surface area is 114 Å². The summed E-state index contributed by atoms with van der Waals surface area (Å²) >= 11 is 0. The molecule has 1 aliphatic carbocycles. The van der Waals surface area contributed by atoms with E-state index in [1.807, 2.05) is 18.3 Å². The highest BCUT2D eigenvalue weighted by Crippen LogP contribution is 2.29. The van der Waals surface area contributed by atoms with Crippen molar-refractivity contribution in [2.45, 2.75) is 45.1 Å². The highest BCUT2D eigenvalue weighted by molar-refractivity contribution is 5.90. The minimum absolute atomic E-state index is 0.507. The van der Waals surface area contributed by atoms with Crippen LogP contribution in [0.5, 0.6) is 0 Å². The van der Waals surface area contributed by atoms with Crippen LogP contribution in [0.25, 0.3) is 10.9 Å². The molecule has 1 heterocycles. The number of anilines is 1. The third-order valence-electron chi connectivity index (χ3n) is 4.29. The molecule has 1 unspecified atom stereocenters. The van der Waals surface area contributed by atoms with Crippen LogP contribution in [0.2, 0.25) is 0 Å². The minimum Gasteiger partial charge on any atom is -0.380 e. The fourth-order valence-electron chi connectivity index (χ4n) is 3.12. The van der Waals surface area contributed by atoms with Crippen LogP contribution in [0.4, 0.5) is 5.69 Å². The van der Waals surface area contributed by atoms with Gasteiger partial charge in [-0.15, -0.1) is 0 Å². The summed E-state index contributed by atoms with van der Waals surface area (Å²) in [6.07, 6.45) is 8.72. The number of nitrogens with one attached hydrogen (secondary N) is 1. The minimum atomic E-state index is 0.507. The smallest absolute Gasteiger partial charge is 0.0950 e. The maximum atomic E-state index is 4.17. The van der Waals surface area contributed by atoms with Gasteiger partial charge in [0.2, 0.25) is 0 Å². The molecular formula is C16H21N3. The second kappa shape index (κ2) is 5.55. The van der Waals surface area contributed by atoms with Crippen LogP contribution in [-0.4, -0.2) is 16.2 Å². The van der Waals surface area contributed by atoms with Gasteiger partial charge in [-0.3, -0.25) is 0 Å². The van der Waals surface area contributed by atoms with E-state index in [4.69, 9.17) is 0 Å². The molecule has 0 radical (unpaired) electrons. The Morgan fingerprint density at radius 3 is 2.79 bits per heavy atom. The zero-order valence-electron chi connectivity index (χ0n) is 11.5. The van der Waals surface area contributed by atoms with E-state index in [1.54, 1.807) is 0 Å². The van der Waals surface area contributed by atoms with Crippen LogP contribution in [0.3, 0.4) is 0 Å². The molecule has 1 atom stereocenters. The lowest BCUT2D eigenvalue weighted by Crippen LogP contribution is -2.27. The number of benzene rings is 1. The lowest BCUT2D eigenvalue weighted by Gasteiger charge is -2.29. The molecule has 19 heavy (non-hydrogen) atoms. The molecule has 1 aliphatic rings. The number of hydrogen-bond acceptors (Lipinski definition) is 3. The lowest BCUT2D eigenvalue weighted by atomic mass is 9.84. The summed E-state index contributed by atoms with van der Waals surface area (Å²) in [7, 11) is 0. The number of nitrogens with zero attached hydrogens (tertiary/aromatic N) is 2. The van der Waals surface area contributed by atoms with E-state index in [2.05, 4.69) is 34.6 Å². The van der Waals surface area contributed by atoms with Gasteiger partial charge in [0.15, 0.2) is 0 Å². The van der Waals surface area contributed by atoms with Gasteiger partial charge in [0, 0.05) is 11.4 Å². The van der Waals surface area contributed by atoms with Gasteiger partial charge in [-0.05, 0) is 31.7 Å². The average molecular weight is 255 g/mol. The standard InChI is InChI=1S/C16H21N3/c1-12(13-7-3-2-4-8-13)18-16-11-17-19-15-10-6-5-9-14(15)16/h5-6,9-13H,2-4,7-8H2,1H3,(H,18,19). The van der Waals surface area contributed by atoms with Crippen molar-refractivity contribution in [1.29, 1.82) is 0 Å². The first-order chi connectivity index (χ1) is 9.34. The van der Waals surface area contributed by atoms with Gasteiger partial charge in [-0.2, -0.15) is 10.2 Å². The van der Waals surface area contributed by atoms with E-state index < -0.39 is 0 Å². The second-order valence-corrected chi connectivity index (χ2v) is 5.61. The van der Waals surface area contributed by atoms with Crippen LogP contribution in [-0.2, 0) is 0 Å². The number of hydrogen-bond donors (Lipinski definition) is 1. The van der Waals surface area contributed by atoms with Crippen LogP contribution in [0, 0.1) is 5.92 Å². The lowest BCUT2D eigenvalue weighted by molar-refractivity contribution is 0.328. The van der Waals surface area contributed by atoms with Gasteiger partial charge in [0.1, 0.15) is 0 Å². The van der Waals surface area contributed by atoms with Crippen molar-refractivity contribution < 1.29 is 0 Å². The first-order valence-corrected chi connectivity index (χ1v) is 7.31. The molecule has 0 saturated heterocycles. The van der Waals surface area contributed by atoms with Crippen LogP contribution in [0.15, 0.2) is 30.5 Å². The molecular weight excluding hydrogens is 234 g/mol. The maximum Gasteiger partial charge on any atom is 0.0950 e. The van der Waals surface area contributed by atoms with Crippen molar-refractivity contribution in [3.8, 4) is 0 Å². The van der Waals surface area contributed by atoms with Gasteiger partial charge in [-0.25, -0.2) is 0 Å². The zero-order valence-corrected chi connectivity index (χ0v) is 11.5. The zero-order chi connectivity index (χ0) is 13.1. The molecule has 1 fully saturated rings. The van der Waals surface area contributed by atoms with Gasteiger partial charge in [0.05, 0.1) is 17.4 Å². The van der Waals surface area contributed by atoms with Crippen LogP contribution >= 0.6 is 0 Å². The fraction of sp³-hybridized carbons (Fsp3) is 0.500. The molecule has 0 spiro atoms. The molecule has 3 heteroatoms. The maximum absolute atomic E-state index is 4.17. The van der Waals surface area contributed by atoms with Crippen molar-refractivity contribution in [2.24, 2.45) is 5.92 Å². The molecule has 1 saturated carbocycles. The Morgan fingerprint density at radius 2 is 1.95 bits per heavy atom. The largest absolute Gasteiger partial charge is 0.380 e. The molecule has 0 aliphatic heterocycles. The Hall–Kier alpha value is -1.64. The predicted molar refractivity (Wildman–Crippen MR) is 79.2 cm³/mol. The van der Waals surface area contributed by atoms with Gasteiger partial charge in [0.25, 0.3) is 0 Å². The Morgan fingerprint density at radius 1 is 1.16 bits per heavy atom. The Bertz CT molecular complexity index is 541. The summed E-state index contributed by atoms with van der Waals surface area (Å²) in [5.41, 5.74) is 2.08. The van der Waals surface area contributed by atoms with Crippen molar-refractivity contribution in [1.82, 2.24) is 10.2 Å². The molecule has 0 amide bonds. The van der Waals surface area contributed by atoms with E-state index in [1.165, 1.54) is 37.5 Å². The Balaban J connectivity index is 1.80. The molecule has 0 bridgehead atoms. The first-order valence-electron chi connectivity index (χ1n) is 7.31. The topological polar surface area (TPSA) is 37.8 Å². The second-order valence-electron chi connectivity index (χ2n) is 5.61. The van der Waals surface area contributed by atoms with E-state index in [9.17, 15) is 0 Å². The predicted octanol–water partition coefficient (Wildman–Crippen LogP) is 4.01. The average Bonchev–Trinajstić information content (AvgIpc) is 2.48. The molecule has 1 aromatic carbocycles.